The molecule has 0 amide bonds. The number of rotatable bonds is 5. The molecule has 4 aromatic rings. The molecule has 0 aliphatic carbocycles. The fourth-order valence-electron chi connectivity index (χ4n) is 3.37. The lowest BCUT2D eigenvalue weighted by Crippen LogP contribution is -1.91. The van der Waals surface area contributed by atoms with Crippen LogP contribution in [-0.4, -0.2) is 9.85 Å². The van der Waals surface area contributed by atoms with E-state index in [1.54, 1.807) is 36.4 Å². The van der Waals surface area contributed by atoms with Crippen LogP contribution < -0.4 is 0 Å². The molecule has 0 atom stereocenters. The number of nitro groups is 2. The Balaban J connectivity index is 1.92. The quantitative estimate of drug-likeness (QED) is 0.270. The average molecular weight is 414 g/mol. The number of benzene rings is 4. The van der Waals surface area contributed by atoms with E-state index in [9.17, 15) is 24.6 Å². The minimum atomic E-state index is -0.464. The van der Waals surface area contributed by atoms with Crippen molar-refractivity contribution in [1.82, 2.24) is 0 Å². The summed E-state index contributed by atoms with van der Waals surface area (Å²) in [6, 6.07) is 24.0. The first-order chi connectivity index (χ1) is 14.9. The van der Waals surface area contributed by atoms with Gasteiger partial charge in [-0.3, -0.25) is 20.2 Å². The molecule has 6 nitrogen and oxygen atoms in total. The number of hydrogen-bond donors (Lipinski definition) is 0. The first-order valence-corrected chi connectivity index (χ1v) is 9.31. The van der Waals surface area contributed by atoms with Gasteiger partial charge in [0.15, 0.2) is 0 Å². The molecule has 4 aromatic carbocycles. The van der Waals surface area contributed by atoms with E-state index >= 15 is 0 Å². The Hall–Kier alpha value is -4.39. The van der Waals surface area contributed by atoms with Crippen LogP contribution in [0.5, 0.6) is 0 Å². The lowest BCUT2D eigenvalue weighted by atomic mass is 9.93. The zero-order chi connectivity index (χ0) is 22.0. The van der Waals surface area contributed by atoms with Gasteiger partial charge in [-0.2, -0.15) is 0 Å². The molecule has 0 spiro atoms. The molecular formula is C24H15FN2O4. The maximum Gasteiger partial charge on any atom is 0.270 e. The maximum atomic E-state index is 13.4. The van der Waals surface area contributed by atoms with E-state index in [0.29, 0.717) is 22.3 Å². The lowest BCUT2D eigenvalue weighted by molar-refractivity contribution is -0.385. The lowest BCUT2D eigenvalue weighted by Gasteiger charge is -2.11. The van der Waals surface area contributed by atoms with Gasteiger partial charge in [0.1, 0.15) is 5.82 Å². The Morgan fingerprint density at radius 1 is 0.516 bits per heavy atom. The van der Waals surface area contributed by atoms with Crippen molar-refractivity contribution < 1.29 is 14.2 Å². The standard InChI is InChI=1S/C24H15FN2O4/c25-22-9-7-16(8-10-22)19-11-20(17-3-1-5-23(14-17)26(28)29)13-21(12-19)18-4-2-6-24(15-18)27(30)31/h1-15H. The molecule has 0 saturated carbocycles. The van der Waals surface area contributed by atoms with Crippen molar-refractivity contribution in [3.63, 3.8) is 0 Å². The van der Waals surface area contributed by atoms with Crippen LogP contribution in [-0.2, 0) is 0 Å². The van der Waals surface area contributed by atoms with Gasteiger partial charge >= 0.3 is 0 Å². The van der Waals surface area contributed by atoms with Crippen molar-refractivity contribution in [3.8, 4) is 33.4 Å². The molecule has 4 rings (SSSR count). The molecule has 0 aromatic heterocycles. The van der Waals surface area contributed by atoms with Gasteiger partial charge in [-0.05, 0) is 63.7 Å². The molecule has 31 heavy (non-hydrogen) atoms. The van der Waals surface area contributed by atoms with E-state index in [1.807, 2.05) is 18.2 Å². The minimum Gasteiger partial charge on any atom is -0.258 e. The minimum absolute atomic E-state index is 0.0402. The molecule has 7 heteroatoms. The van der Waals surface area contributed by atoms with Crippen LogP contribution >= 0.6 is 0 Å². The molecule has 0 fully saturated rings. The van der Waals surface area contributed by atoms with Gasteiger partial charge < -0.3 is 0 Å². The largest absolute Gasteiger partial charge is 0.270 e. The topological polar surface area (TPSA) is 86.3 Å². The summed E-state index contributed by atoms with van der Waals surface area (Å²) in [4.78, 5) is 21.5. The summed E-state index contributed by atoms with van der Waals surface area (Å²) in [7, 11) is 0. The molecule has 0 bridgehead atoms. The number of nitrogens with zero attached hydrogens (tertiary/aromatic N) is 2. The molecule has 152 valence electrons. The third-order valence-electron chi connectivity index (χ3n) is 4.89. The third-order valence-corrected chi connectivity index (χ3v) is 4.89. The van der Waals surface area contributed by atoms with Crippen LogP contribution in [0, 0.1) is 26.0 Å². The second-order valence-electron chi connectivity index (χ2n) is 6.92. The molecule has 0 saturated heterocycles. The van der Waals surface area contributed by atoms with Crippen molar-refractivity contribution in [1.29, 1.82) is 0 Å². The van der Waals surface area contributed by atoms with Gasteiger partial charge in [0.2, 0.25) is 0 Å². The highest BCUT2D eigenvalue weighted by Gasteiger charge is 2.13. The summed E-state index contributed by atoms with van der Waals surface area (Å²) in [5, 5.41) is 22.4. The summed E-state index contributed by atoms with van der Waals surface area (Å²) >= 11 is 0. The molecular weight excluding hydrogens is 399 g/mol. The third kappa shape index (κ3) is 4.30. The van der Waals surface area contributed by atoms with Crippen molar-refractivity contribution in [3.05, 3.63) is 117 Å². The second-order valence-corrected chi connectivity index (χ2v) is 6.92. The van der Waals surface area contributed by atoms with Crippen LogP contribution in [0.15, 0.2) is 91.0 Å². The fraction of sp³-hybridized carbons (Fsp3) is 0. The smallest absolute Gasteiger partial charge is 0.258 e. The van der Waals surface area contributed by atoms with Crippen molar-refractivity contribution >= 4 is 11.4 Å². The summed E-state index contributed by atoms with van der Waals surface area (Å²) in [5.74, 6) is -0.363. The Kier molecular flexibility index (Phi) is 5.24. The number of halogens is 1. The van der Waals surface area contributed by atoms with E-state index in [4.69, 9.17) is 0 Å². The Bertz CT molecular complexity index is 1230. The van der Waals surface area contributed by atoms with Gasteiger partial charge in [0.05, 0.1) is 9.85 Å². The first kappa shape index (κ1) is 19.9. The number of nitro benzene ring substituents is 2. The van der Waals surface area contributed by atoms with E-state index in [0.717, 1.165) is 11.1 Å². The summed E-state index contributed by atoms with van der Waals surface area (Å²) in [5.41, 5.74) is 4.09. The predicted molar refractivity (Wildman–Crippen MR) is 116 cm³/mol. The highest BCUT2D eigenvalue weighted by molar-refractivity contribution is 5.82. The second kappa shape index (κ2) is 8.16. The molecule has 0 heterocycles. The zero-order valence-corrected chi connectivity index (χ0v) is 16.1. The van der Waals surface area contributed by atoms with Crippen LogP contribution in [0.4, 0.5) is 15.8 Å². The summed E-state index contributed by atoms with van der Waals surface area (Å²) in [6.45, 7) is 0. The molecule has 0 aliphatic heterocycles. The average Bonchev–Trinajstić information content (AvgIpc) is 2.79. The predicted octanol–water partition coefficient (Wildman–Crippen LogP) is 6.64. The number of non-ortho nitro benzene ring substituents is 2. The van der Waals surface area contributed by atoms with Crippen molar-refractivity contribution in [2.45, 2.75) is 0 Å². The SMILES string of the molecule is O=[N+]([O-])c1cccc(-c2cc(-c3ccc(F)cc3)cc(-c3cccc([N+](=O)[O-])c3)c2)c1. The first-order valence-electron chi connectivity index (χ1n) is 9.31. The van der Waals surface area contributed by atoms with Gasteiger partial charge in [-0.15, -0.1) is 0 Å². The van der Waals surface area contributed by atoms with Crippen LogP contribution in [0.25, 0.3) is 33.4 Å². The van der Waals surface area contributed by atoms with Gasteiger partial charge in [-0.1, -0.05) is 36.4 Å². The molecule has 0 unspecified atom stereocenters. The summed E-state index contributed by atoms with van der Waals surface area (Å²) < 4.78 is 13.4. The molecule has 0 N–H and O–H groups in total. The maximum absolute atomic E-state index is 13.4. The Labute approximate surface area is 176 Å². The van der Waals surface area contributed by atoms with Crippen molar-refractivity contribution in [2.24, 2.45) is 0 Å². The highest BCUT2D eigenvalue weighted by Crippen LogP contribution is 2.35. The van der Waals surface area contributed by atoms with E-state index in [-0.39, 0.29) is 17.2 Å². The highest BCUT2D eigenvalue weighted by atomic mass is 19.1. The van der Waals surface area contributed by atoms with Crippen molar-refractivity contribution in [2.75, 3.05) is 0 Å². The summed E-state index contributed by atoms with van der Waals surface area (Å²) in [6.07, 6.45) is 0. The van der Waals surface area contributed by atoms with Gasteiger partial charge in [0, 0.05) is 24.3 Å². The monoisotopic (exact) mass is 414 g/mol. The molecule has 0 radical (unpaired) electrons. The zero-order valence-electron chi connectivity index (χ0n) is 16.1. The van der Waals surface area contributed by atoms with E-state index < -0.39 is 9.85 Å². The van der Waals surface area contributed by atoms with Gasteiger partial charge in [0.25, 0.3) is 11.4 Å². The van der Waals surface area contributed by atoms with Crippen LogP contribution in [0.3, 0.4) is 0 Å². The number of hydrogen-bond acceptors (Lipinski definition) is 4. The fourth-order valence-corrected chi connectivity index (χ4v) is 3.37. The Morgan fingerprint density at radius 3 is 1.35 bits per heavy atom. The molecule has 0 aliphatic rings. The van der Waals surface area contributed by atoms with Crippen LogP contribution in [0.1, 0.15) is 0 Å². The van der Waals surface area contributed by atoms with Gasteiger partial charge in [-0.25, -0.2) is 4.39 Å². The van der Waals surface area contributed by atoms with E-state index in [2.05, 4.69) is 0 Å². The van der Waals surface area contributed by atoms with E-state index in [1.165, 1.54) is 36.4 Å². The Morgan fingerprint density at radius 2 is 0.935 bits per heavy atom. The normalized spacial score (nSPS) is 10.6. The van der Waals surface area contributed by atoms with Crippen LogP contribution in [0.2, 0.25) is 0 Å².